The normalized spacial score (nSPS) is 10.9. The smallest absolute Gasteiger partial charge is 0.214 e. The topological polar surface area (TPSA) is 85.4 Å². The fourth-order valence-corrected chi connectivity index (χ4v) is 2.11. The number of H-pyrrole nitrogens is 1. The van der Waals surface area contributed by atoms with Crippen LogP contribution in [0.25, 0.3) is 0 Å². The zero-order valence-corrected chi connectivity index (χ0v) is 9.59. The Kier molecular flexibility index (Phi) is 2.39. The van der Waals surface area contributed by atoms with Crippen LogP contribution in [-0.4, -0.2) is 25.0 Å². The lowest BCUT2D eigenvalue weighted by Gasteiger charge is -1.98. The molecule has 0 aliphatic carbocycles. The fraction of sp³-hybridized carbons (Fsp3) is 0.375. The summed E-state index contributed by atoms with van der Waals surface area (Å²) in [6.45, 7) is 3.73. The van der Waals surface area contributed by atoms with Crippen molar-refractivity contribution in [2.24, 2.45) is 7.05 Å². The standard InChI is InChI=1S/C8H12N6S/c1-4-6(9)7(14(3)13-4)15-8-10-5(2)11-12-8/h9H2,1-3H3,(H,10,11,12). The lowest BCUT2D eigenvalue weighted by atomic mass is 10.4. The molecule has 0 amide bonds. The lowest BCUT2D eigenvalue weighted by molar-refractivity contribution is 0.692. The Morgan fingerprint density at radius 2 is 2.13 bits per heavy atom. The van der Waals surface area contributed by atoms with Crippen molar-refractivity contribution in [2.75, 3.05) is 5.73 Å². The largest absolute Gasteiger partial charge is 0.395 e. The first-order valence-corrected chi connectivity index (χ1v) is 5.25. The van der Waals surface area contributed by atoms with Crippen LogP contribution >= 0.6 is 11.8 Å². The molecule has 7 heteroatoms. The van der Waals surface area contributed by atoms with Gasteiger partial charge >= 0.3 is 0 Å². The van der Waals surface area contributed by atoms with Gasteiger partial charge in [-0.15, -0.1) is 5.10 Å². The van der Waals surface area contributed by atoms with Crippen molar-refractivity contribution < 1.29 is 0 Å². The summed E-state index contributed by atoms with van der Waals surface area (Å²) in [5.41, 5.74) is 7.40. The number of aromatic nitrogens is 5. The molecule has 2 heterocycles. The number of hydrogen-bond acceptors (Lipinski definition) is 5. The number of anilines is 1. The fourth-order valence-electron chi connectivity index (χ4n) is 1.23. The van der Waals surface area contributed by atoms with Gasteiger partial charge in [-0.1, -0.05) is 0 Å². The van der Waals surface area contributed by atoms with Crippen LogP contribution < -0.4 is 5.73 Å². The molecule has 0 fully saturated rings. The maximum Gasteiger partial charge on any atom is 0.214 e. The van der Waals surface area contributed by atoms with Crippen molar-refractivity contribution in [3.63, 3.8) is 0 Å². The Hall–Kier alpha value is -1.50. The van der Waals surface area contributed by atoms with Gasteiger partial charge in [0.1, 0.15) is 10.9 Å². The second kappa shape index (κ2) is 3.58. The molecule has 0 unspecified atom stereocenters. The Bertz CT molecular complexity index is 485. The van der Waals surface area contributed by atoms with Crippen molar-refractivity contribution in [1.82, 2.24) is 25.0 Å². The highest BCUT2D eigenvalue weighted by molar-refractivity contribution is 7.99. The molecular formula is C8H12N6S. The Balaban J connectivity index is 2.31. The second-order valence-corrected chi connectivity index (χ2v) is 4.19. The summed E-state index contributed by atoms with van der Waals surface area (Å²) in [4.78, 5) is 4.20. The molecule has 0 saturated heterocycles. The maximum atomic E-state index is 5.89. The molecule has 6 nitrogen and oxygen atoms in total. The summed E-state index contributed by atoms with van der Waals surface area (Å²) < 4.78 is 1.74. The van der Waals surface area contributed by atoms with Gasteiger partial charge in [0, 0.05) is 7.05 Å². The van der Waals surface area contributed by atoms with Gasteiger partial charge in [0.25, 0.3) is 0 Å². The van der Waals surface area contributed by atoms with Gasteiger partial charge in [-0.25, -0.2) is 4.98 Å². The van der Waals surface area contributed by atoms with Crippen LogP contribution in [0.3, 0.4) is 0 Å². The van der Waals surface area contributed by atoms with Gasteiger partial charge in [-0.2, -0.15) is 5.10 Å². The predicted octanol–water partition coefficient (Wildman–Crippen LogP) is 0.888. The van der Waals surface area contributed by atoms with Crippen LogP contribution in [0, 0.1) is 13.8 Å². The van der Waals surface area contributed by atoms with E-state index in [1.54, 1.807) is 4.68 Å². The van der Waals surface area contributed by atoms with E-state index >= 15 is 0 Å². The number of nitrogens with one attached hydrogen (secondary N) is 1. The summed E-state index contributed by atoms with van der Waals surface area (Å²) in [5, 5.41) is 12.6. The number of hydrogen-bond donors (Lipinski definition) is 2. The third-order valence-corrected chi connectivity index (χ3v) is 3.02. The Morgan fingerprint density at radius 1 is 1.40 bits per heavy atom. The number of nitrogens with zero attached hydrogens (tertiary/aromatic N) is 4. The quantitative estimate of drug-likeness (QED) is 0.791. The Morgan fingerprint density at radius 3 is 2.60 bits per heavy atom. The van der Waals surface area contributed by atoms with Crippen molar-refractivity contribution in [1.29, 1.82) is 0 Å². The zero-order valence-electron chi connectivity index (χ0n) is 8.77. The second-order valence-electron chi connectivity index (χ2n) is 3.23. The van der Waals surface area contributed by atoms with Crippen LogP contribution in [0.4, 0.5) is 5.69 Å². The summed E-state index contributed by atoms with van der Waals surface area (Å²) in [7, 11) is 1.85. The molecule has 80 valence electrons. The number of aryl methyl sites for hydroxylation is 3. The van der Waals surface area contributed by atoms with Crippen LogP contribution in [0.5, 0.6) is 0 Å². The minimum absolute atomic E-state index is 0.655. The summed E-state index contributed by atoms with van der Waals surface area (Å²) in [6, 6.07) is 0. The monoisotopic (exact) mass is 224 g/mol. The van der Waals surface area contributed by atoms with E-state index in [2.05, 4.69) is 20.3 Å². The number of nitrogen functional groups attached to an aromatic ring is 1. The minimum atomic E-state index is 0.655. The molecule has 0 radical (unpaired) electrons. The van der Waals surface area contributed by atoms with E-state index in [1.165, 1.54) is 11.8 Å². The van der Waals surface area contributed by atoms with Crippen molar-refractivity contribution >= 4 is 17.4 Å². The van der Waals surface area contributed by atoms with Crippen molar-refractivity contribution in [2.45, 2.75) is 24.0 Å². The average Bonchev–Trinajstić information content (AvgIpc) is 2.67. The molecule has 0 bridgehead atoms. The van der Waals surface area contributed by atoms with E-state index in [9.17, 15) is 0 Å². The van der Waals surface area contributed by atoms with Crippen molar-refractivity contribution in [3.05, 3.63) is 11.5 Å². The summed E-state index contributed by atoms with van der Waals surface area (Å²) >= 11 is 1.40. The van der Waals surface area contributed by atoms with Crippen LogP contribution in [-0.2, 0) is 7.05 Å². The van der Waals surface area contributed by atoms with Crippen LogP contribution in [0.2, 0.25) is 0 Å². The van der Waals surface area contributed by atoms with Crippen LogP contribution in [0.1, 0.15) is 11.5 Å². The molecule has 2 aromatic rings. The molecule has 2 aromatic heterocycles. The molecule has 2 rings (SSSR count). The molecule has 0 saturated carbocycles. The van der Waals surface area contributed by atoms with E-state index in [0.29, 0.717) is 10.8 Å². The molecule has 0 aliphatic rings. The third-order valence-electron chi connectivity index (χ3n) is 1.98. The SMILES string of the molecule is Cc1nc(Sc2c(N)c(C)nn2C)n[nH]1. The zero-order chi connectivity index (χ0) is 11.0. The highest BCUT2D eigenvalue weighted by Crippen LogP contribution is 2.30. The van der Waals surface area contributed by atoms with Gasteiger partial charge in [-0.3, -0.25) is 9.78 Å². The molecule has 0 spiro atoms. The predicted molar refractivity (Wildman–Crippen MR) is 57.6 cm³/mol. The van der Waals surface area contributed by atoms with Gasteiger partial charge < -0.3 is 5.73 Å². The van der Waals surface area contributed by atoms with Gasteiger partial charge in [0.2, 0.25) is 5.16 Å². The maximum absolute atomic E-state index is 5.89. The molecule has 0 aromatic carbocycles. The highest BCUT2D eigenvalue weighted by Gasteiger charge is 2.13. The molecular weight excluding hydrogens is 212 g/mol. The molecule has 0 atom stereocenters. The number of rotatable bonds is 2. The van der Waals surface area contributed by atoms with E-state index in [0.717, 1.165) is 16.5 Å². The molecule has 15 heavy (non-hydrogen) atoms. The number of aromatic amines is 1. The summed E-state index contributed by atoms with van der Waals surface area (Å²) in [5.74, 6) is 0.787. The third kappa shape index (κ3) is 1.82. The van der Waals surface area contributed by atoms with Gasteiger partial charge in [-0.05, 0) is 25.6 Å². The lowest BCUT2D eigenvalue weighted by Crippen LogP contribution is -1.94. The number of nitrogens with two attached hydrogens (primary N) is 1. The van der Waals surface area contributed by atoms with E-state index in [-0.39, 0.29) is 0 Å². The first-order chi connectivity index (χ1) is 7.08. The van der Waals surface area contributed by atoms with E-state index in [4.69, 9.17) is 5.73 Å². The average molecular weight is 224 g/mol. The summed E-state index contributed by atoms with van der Waals surface area (Å²) in [6.07, 6.45) is 0. The van der Waals surface area contributed by atoms with Gasteiger partial charge in [0.15, 0.2) is 0 Å². The first kappa shape index (κ1) is 10.0. The minimum Gasteiger partial charge on any atom is -0.395 e. The van der Waals surface area contributed by atoms with E-state index < -0.39 is 0 Å². The van der Waals surface area contributed by atoms with Crippen molar-refractivity contribution in [3.8, 4) is 0 Å². The van der Waals surface area contributed by atoms with Crippen LogP contribution in [0.15, 0.2) is 10.2 Å². The van der Waals surface area contributed by atoms with Gasteiger partial charge in [0.05, 0.1) is 11.4 Å². The highest BCUT2D eigenvalue weighted by atomic mass is 32.2. The first-order valence-electron chi connectivity index (χ1n) is 4.44. The molecule has 3 N–H and O–H groups in total. The van der Waals surface area contributed by atoms with E-state index in [1.807, 2.05) is 20.9 Å². The molecule has 0 aliphatic heterocycles. The Labute approximate surface area is 91.3 Å².